The van der Waals surface area contributed by atoms with Crippen molar-refractivity contribution in [2.24, 2.45) is 19.2 Å². The molecule has 0 unspecified atom stereocenters. The van der Waals surface area contributed by atoms with Crippen LogP contribution in [-0.4, -0.2) is 30.5 Å². The second-order valence-corrected chi connectivity index (χ2v) is 7.29. The van der Waals surface area contributed by atoms with Crippen LogP contribution in [0.15, 0.2) is 23.6 Å². The van der Waals surface area contributed by atoms with Gasteiger partial charge in [-0.25, -0.2) is 9.13 Å². The molecule has 0 saturated carbocycles. The summed E-state index contributed by atoms with van der Waals surface area (Å²) in [6.45, 7) is 4.35. The van der Waals surface area contributed by atoms with E-state index < -0.39 is 0 Å². The van der Waals surface area contributed by atoms with Crippen molar-refractivity contribution in [3.8, 4) is 5.75 Å². The van der Waals surface area contributed by atoms with Crippen molar-refractivity contribution in [1.29, 1.82) is 0 Å². The van der Waals surface area contributed by atoms with E-state index in [2.05, 4.69) is 30.6 Å². The molecule has 0 spiro atoms. The summed E-state index contributed by atoms with van der Waals surface area (Å²) in [5.41, 5.74) is 9.38. The van der Waals surface area contributed by atoms with Crippen LogP contribution in [0.1, 0.15) is 36.7 Å². The Kier molecular flexibility index (Phi) is 4.34. The summed E-state index contributed by atoms with van der Waals surface area (Å²) in [7, 11) is 5.83. The van der Waals surface area contributed by atoms with Gasteiger partial charge in [0.1, 0.15) is 23.9 Å². The van der Waals surface area contributed by atoms with Crippen LogP contribution in [0, 0.1) is 0 Å². The summed E-state index contributed by atoms with van der Waals surface area (Å²) in [6.07, 6.45) is 8.69. The highest BCUT2D eigenvalue weighted by Gasteiger charge is 2.28. The average Bonchev–Trinajstić information content (AvgIpc) is 2.98. The standard InChI is InChI=1S/C20H27N5O/c1-14(20-23(2)11-12-24(20)3)21-22-17-13-15-7-5-9-25-10-6-8-16(18(15)25)19(17)26-4/h11-13H,5-10H2,1-4H3/p+1. The van der Waals surface area contributed by atoms with Gasteiger partial charge in [0.15, 0.2) is 0 Å². The number of methoxy groups -OCH3 is 1. The topological polar surface area (TPSA) is 45.7 Å². The molecule has 2 aromatic rings. The first-order valence-electron chi connectivity index (χ1n) is 9.39. The fourth-order valence-electron chi connectivity index (χ4n) is 4.44. The van der Waals surface area contributed by atoms with Gasteiger partial charge in [0.05, 0.1) is 26.9 Å². The number of benzene rings is 1. The third kappa shape index (κ3) is 2.73. The van der Waals surface area contributed by atoms with Crippen molar-refractivity contribution in [2.75, 3.05) is 30.5 Å². The van der Waals surface area contributed by atoms with Gasteiger partial charge in [-0.15, -0.1) is 0 Å². The van der Waals surface area contributed by atoms with Crippen LogP contribution < -0.4 is 19.6 Å². The molecule has 0 radical (unpaired) electrons. The second kappa shape index (κ2) is 6.67. The zero-order valence-corrected chi connectivity index (χ0v) is 16.2. The van der Waals surface area contributed by atoms with Crippen LogP contribution in [0.2, 0.25) is 0 Å². The summed E-state index contributed by atoms with van der Waals surface area (Å²) in [4.78, 5) is 2.53. The van der Waals surface area contributed by atoms with Gasteiger partial charge < -0.3 is 9.64 Å². The Balaban J connectivity index is 1.72. The van der Waals surface area contributed by atoms with E-state index in [0.29, 0.717) is 0 Å². The quantitative estimate of drug-likeness (QED) is 0.521. The number of ether oxygens (including phenoxy) is 1. The highest BCUT2D eigenvalue weighted by molar-refractivity contribution is 5.95. The highest BCUT2D eigenvalue weighted by Crippen LogP contribution is 2.44. The van der Waals surface area contributed by atoms with Crippen molar-refractivity contribution in [3.63, 3.8) is 0 Å². The Morgan fingerprint density at radius 3 is 2.73 bits per heavy atom. The van der Waals surface area contributed by atoms with E-state index in [1.165, 1.54) is 29.7 Å². The minimum atomic E-state index is 0.940. The van der Waals surface area contributed by atoms with E-state index >= 15 is 0 Å². The number of aromatic nitrogens is 2. The van der Waals surface area contributed by atoms with Crippen LogP contribution in [0.3, 0.4) is 0 Å². The molecule has 0 amide bonds. The lowest BCUT2D eigenvalue weighted by Gasteiger charge is -2.38. The lowest BCUT2D eigenvalue weighted by molar-refractivity contribution is -0.672. The van der Waals surface area contributed by atoms with Gasteiger partial charge in [0, 0.05) is 24.3 Å². The van der Waals surface area contributed by atoms with E-state index in [0.717, 1.165) is 48.9 Å². The van der Waals surface area contributed by atoms with E-state index in [9.17, 15) is 0 Å². The number of nitrogens with zero attached hydrogens (tertiary/aromatic N) is 4. The van der Waals surface area contributed by atoms with Gasteiger partial charge in [-0.2, -0.15) is 5.10 Å². The van der Waals surface area contributed by atoms with E-state index in [4.69, 9.17) is 4.74 Å². The molecule has 6 nitrogen and oxygen atoms in total. The molecule has 0 aliphatic carbocycles. The zero-order chi connectivity index (χ0) is 18.3. The van der Waals surface area contributed by atoms with E-state index in [1.807, 2.05) is 33.4 Å². The molecule has 1 aromatic carbocycles. The maximum Gasteiger partial charge on any atom is 0.304 e. The summed E-state index contributed by atoms with van der Waals surface area (Å²) in [5, 5.41) is 4.66. The van der Waals surface area contributed by atoms with Crippen molar-refractivity contribution in [2.45, 2.75) is 32.6 Å². The fourth-order valence-corrected chi connectivity index (χ4v) is 4.44. The largest absolute Gasteiger partial charge is 0.494 e. The molecule has 0 saturated heterocycles. The summed E-state index contributed by atoms with van der Waals surface area (Å²) < 4.78 is 9.97. The number of hydrogen-bond acceptors (Lipinski definition) is 4. The van der Waals surface area contributed by atoms with Crippen LogP contribution in [-0.2, 0) is 26.9 Å². The zero-order valence-electron chi connectivity index (χ0n) is 16.2. The monoisotopic (exact) mass is 354 g/mol. The van der Waals surface area contributed by atoms with Crippen LogP contribution in [0.4, 0.5) is 11.4 Å². The number of imidazole rings is 1. The molecule has 0 fully saturated rings. The van der Waals surface area contributed by atoms with Crippen LogP contribution in [0.25, 0.3) is 0 Å². The lowest BCUT2D eigenvalue weighted by atomic mass is 9.90. The first kappa shape index (κ1) is 16.9. The Labute approximate surface area is 155 Å². The highest BCUT2D eigenvalue weighted by atomic mass is 16.5. The number of rotatable bonds is 4. The van der Waals surface area contributed by atoms with E-state index in [-0.39, 0.29) is 0 Å². The lowest BCUT2D eigenvalue weighted by Crippen LogP contribution is -2.35. The minimum Gasteiger partial charge on any atom is -0.494 e. The minimum absolute atomic E-state index is 0.940. The maximum absolute atomic E-state index is 5.82. The molecule has 4 rings (SSSR count). The van der Waals surface area contributed by atoms with Gasteiger partial charge in [-0.3, -0.25) is 5.43 Å². The maximum atomic E-state index is 5.82. The number of hydrogen-bond donors (Lipinski definition) is 1. The first-order chi connectivity index (χ1) is 12.6. The molecule has 0 atom stereocenters. The summed E-state index contributed by atoms with van der Waals surface area (Å²) in [6, 6.07) is 2.23. The van der Waals surface area contributed by atoms with Crippen molar-refractivity contribution < 1.29 is 9.30 Å². The predicted octanol–water partition coefficient (Wildman–Crippen LogP) is 2.39. The summed E-state index contributed by atoms with van der Waals surface area (Å²) >= 11 is 0. The Bertz CT molecular complexity index is 846. The number of nitrogens with one attached hydrogen (secondary N) is 1. The molecule has 0 bridgehead atoms. The Morgan fingerprint density at radius 2 is 2.04 bits per heavy atom. The van der Waals surface area contributed by atoms with Gasteiger partial charge in [0.2, 0.25) is 0 Å². The average molecular weight is 354 g/mol. The number of hydrazone groups is 1. The molecule has 138 valence electrons. The SMILES string of the molecule is COc1c(N/N=C(\C)c2n(C)cc[n+]2C)cc2c3c1CCCN3CCC2. The van der Waals surface area contributed by atoms with Crippen molar-refractivity contribution in [3.05, 3.63) is 35.4 Å². The normalized spacial score (nSPS) is 16.5. The summed E-state index contributed by atoms with van der Waals surface area (Å²) in [5.74, 6) is 2.02. The predicted molar refractivity (Wildman–Crippen MR) is 104 cm³/mol. The molecule has 26 heavy (non-hydrogen) atoms. The van der Waals surface area contributed by atoms with Gasteiger partial charge >= 0.3 is 5.82 Å². The second-order valence-electron chi connectivity index (χ2n) is 7.29. The third-order valence-electron chi connectivity index (χ3n) is 5.53. The van der Waals surface area contributed by atoms with Gasteiger partial charge in [-0.05, 0) is 44.2 Å². The molecule has 1 aromatic heterocycles. The third-order valence-corrected chi connectivity index (χ3v) is 5.53. The molecular formula is C20H28N5O+. The smallest absolute Gasteiger partial charge is 0.304 e. The Morgan fingerprint density at radius 1 is 1.27 bits per heavy atom. The number of anilines is 2. The molecule has 3 heterocycles. The molecule has 6 heteroatoms. The molecule has 2 aliphatic heterocycles. The number of aryl methyl sites for hydroxylation is 3. The molecule has 2 aliphatic rings. The van der Waals surface area contributed by atoms with Crippen molar-refractivity contribution in [1.82, 2.24) is 4.57 Å². The van der Waals surface area contributed by atoms with Crippen molar-refractivity contribution >= 4 is 17.1 Å². The van der Waals surface area contributed by atoms with Crippen LogP contribution in [0.5, 0.6) is 5.75 Å². The molecular weight excluding hydrogens is 326 g/mol. The Hall–Kier alpha value is -2.50. The fraction of sp³-hybridized carbons (Fsp3) is 0.500. The van der Waals surface area contributed by atoms with Gasteiger partial charge in [-0.1, -0.05) is 0 Å². The molecule has 1 N–H and O–H groups in total. The van der Waals surface area contributed by atoms with Crippen LogP contribution >= 0.6 is 0 Å². The van der Waals surface area contributed by atoms with Gasteiger partial charge in [0.25, 0.3) is 0 Å². The first-order valence-corrected chi connectivity index (χ1v) is 9.39. The van der Waals surface area contributed by atoms with E-state index in [1.54, 1.807) is 7.11 Å².